The molecule has 1 aromatic rings. The van der Waals surface area contributed by atoms with Crippen LogP contribution in [0.3, 0.4) is 0 Å². The number of esters is 1. The molecular weight excluding hydrogens is 202 g/mol. The lowest BCUT2D eigenvalue weighted by atomic mass is 10.2. The normalized spacial score (nSPS) is 8.53. The first kappa shape index (κ1) is 13.6. The van der Waals surface area contributed by atoms with Crippen LogP contribution in [0.2, 0.25) is 0 Å². The molecule has 0 heterocycles. The first-order valence-corrected chi connectivity index (χ1v) is 4.18. The maximum Gasteiger partial charge on any atom is 0.482 e. The monoisotopic (exact) mass is 213 g/mol. The second-order valence-electron chi connectivity index (χ2n) is 2.34. The van der Waals surface area contributed by atoms with Crippen LogP contribution in [0.25, 0.3) is 0 Å². The third-order valence-electron chi connectivity index (χ3n) is 1.36. The number of carbonyl (C=O) groups excluding carboxylic acids is 1. The summed E-state index contributed by atoms with van der Waals surface area (Å²) in [6.07, 6.45) is 0. The van der Waals surface area contributed by atoms with Gasteiger partial charge in [-0.3, -0.25) is 0 Å². The van der Waals surface area contributed by atoms with Crippen molar-refractivity contribution in [2.75, 3.05) is 6.61 Å². The molecule has 1 rings (SSSR count). The third-order valence-corrected chi connectivity index (χ3v) is 1.36. The number of hydrogen-bond acceptors (Lipinski definition) is 4. The SMILES string of the molecule is CCOC(=O)c1ccc(F)cc1.O[B]O. The molecule has 0 aromatic heterocycles. The van der Waals surface area contributed by atoms with Crippen LogP contribution in [-0.4, -0.2) is 30.3 Å². The van der Waals surface area contributed by atoms with E-state index in [1.807, 2.05) is 0 Å². The Labute approximate surface area is 87.6 Å². The highest BCUT2D eigenvalue weighted by atomic mass is 19.1. The van der Waals surface area contributed by atoms with Crippen molar-refractivity contribution >= 4 is 13.7 Å². The van der Waals surface area contributed by atoms with Crippen LogP contribution in [0.4, 0.5) is 4.39 Å². The molecule has 0 bridgehead atoms. The lowest BCUT2D eigenvalue weighted by Gasteiger charge is -1.99. The van der Waals surface area contributed by atoms with Gasteiger partial charge >= 0.3 is 13.7 Å². The van der Waals surface area contributed by atoms with E-state index in [0.717, 1.165) is 0 Å². The topological polar surface area (TPSA) is 66.8 Å². The molecule has 0 aliphatic carbocycles. The molecule has 1 aromatic carbocycles. The van der Waals surface area contributed by atoms with Gasteiger partial charge in [0.25, 0.3) is 0 Å². The van der Waals surface area contributed by atoms with E-state index < -0.39 is 5.97 Å². The Hall–Kier alpha value is -1.40. The van der Waals surface area contributed by atoms with Crippen LogP contribution in [0.1, 0.15) is 17.3 Å². The number of rotatable bonds is 2. The van der Waals surface area contributed by atoms with Crippen LogP contribution in [0, 0.1) is 5.82 Å². The van der Waals surface area contributed by atoms with Gasteiger partial charge in [-0.15, -0.1) is 0 Å². The first-order chi connectivity index (χ1) is 7.15. The van der Waals surface area contributed by atoms with E-state index in [1.54, 1.807) is 6.92 Å². The number of hydrogen-bond donors (Lipinski definition) is 2. The summed E-state index contributed by atoms with van der Waals surface area (Å²) >= 11 is 0. The third kappa shape index (κ3) is 5.82. The smallest absolute Gasteiger partial charge is 0.462 e. The van der Waals surface area contributed by atoms with Gasteiger partial charge in [0.2, 0.25) is 0 Å². The molecule has 6 heteroatoms. The lowest BCUT2D eigenvalue weighted by Crippen LogP contribution is -2.03. The van der Waals surface area contributed by atoms with Crippen LogP contribution in [0.5, 0.6) is 0 Å². The van der Waals surface area contributed by atoms with Crippen molar-refractivity contribution < 1.29 is 24.0 Å². The average molecular weight is 213 g/mol. The predicted molar refractivity (Wildman–Crippen MR) is 52.5 cm³/mol. The molecule has 1 radical (unpaired) electrons. The molecule has 0 saturated carbocycles. The minimum atomic E-state index is -0.419. The Morgan fingerprint density at radius 3 is 2.27 bits per heavy atom. The highest BCUT2D eigenvalue weighted by Gasteiger charge is 2.04. The molecule has 0 amide bonds. The van der Waals surface area contributed by atoms with Gasteiger partial charge in [-0.25, -0.2) is 9.18 Å². The van der Waals surface area contributed by atoms with Gasteiger partial charge in [-0.05, 0) is 31.2 Å². The molecule has 2 N–H and O–H groups in total. The minimum Gasteiger partial charge on any atom is -0.462 e. The Bertz CT molecular complexity index is 289. The van der Waals surface area contributed by atoms with Crippen LogP contribution < -0.4 is 0 Å². The Balaban J connectivity index is 0.000000583. The van der Waals surface area contributed by atoms with E-state index in [-0.39, 0.29) is 13.5 Å². The van der Waals surface area contributed by atoms with Gasteiger partial charge < -0.3 is 14.8 Å². The molecule has 0 spiro atoms. The Morgan fingerprint density at radius 2 is 1.87 bits per heavy atom. The van der Waals surface area contributed by atoms with Crippen LogP contribution >= 0.6 is 0 Å². The molecule has 0 aliphatic rings. The van der Waals surface area contributed by atoms with Crippen molar-refractivity contribution in [3.63, 3.8) is 0 Å². The van der Waals surface area contributed by atoms with Crippen LogP contribution in [0.15, 0.2) is 24.3 Å². The van der Waals surface area contributed by atoms with E-state index in [9.17, 15) is 9.18 Å². The molecule has 81 valence electrons. The summed E-state index contributed by atoms with van der Waals surface area (Å²) in [6.45, 7) is 2.05. The Kier molecular flexibility index (Phi) is 7.22. The quantitative estimate of drug-likeness (QED) is 0.554. The number of carbonyl (C=O) groups is 1. The fourth-order valence-electron chi connectivity index (χ4n) is 0.800. The van der Waals surface area contributed by atoms with Gasteiger partial charge in [0.05, 0.1) is 12.2 Å². The van der Waals surface area contributed by atoms with Crippen molar-refractivity contribution in [3.8, 4) is 0 Å². The molecular formula is C9H11BFO4. The van der Waals surface area contributed by atoms with Crippen LogP contribution in [-0.2, 0) is 4.74 Å². The van der Waals surface area contributed by atoms with Crippen molar-refractivity contribution in [2.24, 2.45) is 0 Å². The summed E-state index contributed by atoms with van der Waals surface area (Å²) in [5, 5.41) is 14.0. The highest BCUT2D eigenvalue weighted by Crippen LogP contribution is 2.03. The second-order valence-corrected chi connectivity index (χ2v) is 2.34. The molecule has 0 fully saturated rings. The molecule has 0 atom stereocenters. The van der Waals surface area contributed by atoms with Crippen molar-refractivity contribution in [1.82, 2.24) is 0 Å². The summed E-state index contributed by atoms with van der Waals surface area (Å²) in [6, 6.07) is 5.25. The van der Waals surface area contributed by atoms with Crippen molar-refractivity contribution in [3.05, 3.63) is 35.6 Å². The van der Waals surface area contributed by atoms with Crippen molar-refractivity contribution in [2.45, 2.75) is 6.92 Å². The van der Waals surface area contributed by atoms with E-state index in [0.29, 0.717) is 12.2 Å². The van der Waals surface area contributed by atoms with Gasteiger partial charge in [-0.1, -0.05) is 0 Å². The highest BCUT2D eigenvalue weighted by molar-refractivity contribution is 6.13. The van der Waals surface area contributed by atoms with Gasteiger partial charge in [0.15, 0.2) is 0 Å². The first-order valence-electron chi connectivity index (χ1n) is 4.18. The summed E-state index contributed by atoms with van der Waals surface area (Å²) in [5.74, 6) is -0.777. The lowest BCUT2D eigenvalue weighted by molar-refractivity contribution is 0.0526. The standard InChI is InChI=1S/C9H9FO2.BH2O2/c1-2-12-9(11)7-3-5-8(10)6-4-7;2-1-3/h3-6H,2H2,1H3;2-3H. The van der Waals surface area contributed by atoms with E-state index in [2.05, 4.69) is 0 Å². The summed E-state index contributed by atoms with van der Waals surface area (Å²) in [4.78, 5) is 11.0. The fraction of sp³-hybridized carbons (Fsp3) is 0.222. The Morgan fingerprint density at radius 1 is 1.40 bits per heavy atom. The number of ether oxygens (including phenoxy) is 1. The zero-order chi connectivity index (χ0) is 11.7. The van der Waals surface area contributed by atoms with E-state index in [1.165, 1.54) is 24.3 Å². The zero-order valence-corrected chi connectivity index (χ0v) is 8.18. The molecule has 0 aliphatic heterocycles. The number of halogens is 1. The summed E-state index contributed by atoms with van der Waals surface area (Å²) < 4.78 is 17.1. The van der Waals surface area contributed by atoms with Gasteiger partial charge in [0, 0.05) is 0 Å². The van der Waals surface area contributed by atoms with E-state index in [4.69, 9.17) is 14.8 Å². The van der Waals surface area contributed by atoms with Gasteiger partial charge in [0.1, 0.15) is 5.82 Å². The molecule has 0 saturated heterocycles. The number of benzene rings is 1. The fourth-order valence-corrected chi connectivity index (χ4v) is 0.800. The minimum absolute atomic E-state index is 0. The predicted octanol–water partition coefficient (Wildman–Crippen LogP) is 0.508. The summed E-state index contributed by atoms with van der Waals surface area (Å²) in [7, 11) is 0. The summed E-state index contributed by atoms with van der Waals surface area (Å²) in [5.41, 5.74) is 0.373. The van der Waals surface area contributed by atoms with E-state index >= 15 is 0 Å². The van der Waals surface area contributed by atoms with Crippen molar-refractivity contribution in [1.29, 1.82) is 0 Å². The maximum atomic E-state index is 12.4. The molecule has 15 heavy (non-hydrogen) atoms. The average Bonchev–Trinajstić information content (AvgIpc) is 2.20. The second kappa shape index (κ2) is 7.96. The van der Waals surface area contributed by atoms with Gasteiger partial charge in [-0.2, -0.15) is 0 Å². The molecule has 4 nitrogen and oxygen atoms in total. The largest absolute Gasteiger partial charge is 0.482 e. The maximum absolute atomic E-state index is 12.4. The molecule has 0 unspecified atom stereocenters. The zero-order valence-electron chi connectivity index (χ0n) is 8.18.